The Morgan fingerprint density at radius 3 is 1.39 bits per heavy atom. The Hall–Kier alpha value is -2.38. The number of hydrogen-bond acceptors (Lipinski definition) is 10. The minimum Gasteiger partial charge on any atom is -0.466 e. The molecule has 450 valence electrons. The van der Waals surface area contributed by atoms with E-state index in [0.717, 1.165) is 70.6 Å². The van der Waals surface area contributed by atoms with E-state index in [9.17, 15) is 35.1 Å². The number of aliphatic hydroxyl groups is 5. The van der Waals surface area contributed by atoms with E-state index in [1.807, 2.05) is 6.08 Å². The zero-order valence-corrected chi connectivity index (χ0v) is 49.7. The summed E-state index contributed by atoms with van der Waals surface area (Å²) in [6.45, 7) is 4.28. The van der Waals surface area contributed by atoms with Gasteiger partial charge in [0.05, 0.1) is 32.0 Å². The summed E-state index contributed by atoms with van der Waals surface area (Å²) in [7, 11) is 0. The first-order valence-corrected chi connectivity index (χ1v) is 32.4. The number of rotatable bonds is 56. The van der Waals surface area contributed by atoms with Crippen LogP contribution in [0.3, 0.4) is 0 Å². The Morgan fingerprint density at radius 1 is 0.481 bits per heavy atom. The summed E-state index contributed by atoms with van der Waals surface area (Å²) in [4.78, 5) is 25.0. The highest BCUT2D eigenvalue weighted by molar-refractivity contribution is 5.76. The molecule has 1 saturated heterocycles. The van der Waals surface area contributed by atoms with Crippen LogP contribution in [0.5, 0.6) is 0 Å². The second kappa shape index (κ2) is 55.5. The van der Waals surface area contributed by atoms with Crippen molar-refractivity contribution in [3.05, 3.63) is 48.6 Å². The SMILES string of the molecule is CCCCC/C=C/CC/C=C/C(O)C(COC1OC(CO)C(O)C(O)C1O)NC(=O)CCCCCCCCCCCCC/C=C\C/C=C\CCCCCCCCCCCOC(=O)CCCCCCCCCCCCCCC. The monoisotopic (exact) mass is 1090 g/mol. The average Bonchev–Trinajstić information content (AvgIpc) is 3.43. The van der Waals surface area contributed by atoms with Crippen LogP contribution in [0, 0.1) is 0 Å². The van der Waals surface area contributed by atoms with Gasteiger partial charge in [0.15, 0.2) is 6.29 Å². The predicted octanol–water partition coefficient (Wildman–Crippen LogP) is 15.6. The van der Waals surface area contributed by atoms with Crippen molar-refractivity contribution >= 4 is 11.9 Å². The lowest BCUT2D eigenvalue weighted by atomic mass is 9.99. The van der Waals surface area contributed by atoms with Crippen LogP contribution in [-0.2, 0) is 23.8 Å². The quantitative estimate of drug-likeness (QED) is 0.0195. The van der Waals surface area contributed by atoms with Crippen molar-refractivity contribution in [2.45, 2.75) is 339 Å². The van der Waals surface area contributed by atoms with Gasteiger partial charge in [0, 0.05) is 12.8 Å². The summed E-state index contributed by atoms with van der Waals surface area (Å²) < 4.78 is 16.7. The molecule has 0 saturated carbocycles. The molecule has 1 rings (SSSR count). The van der Waals surface area contributed by atoms with Crippen LogP contribution in [0.15, 0.2) is 48.6 Å². The molecular formula is C66H121NO10. The Morgan fingerprint density at radius 2 is 0.883 bits per heavy atom. The molecule has 0 aliphatic carbocycles. The zero-order valence-electron chi connectivity index (χ0n) is 49.7. The third kappa shape index (κ3) is 45.0. The van der Waals surface area contributed by atoms with E-state index in [1.54, 1.807) is 6.08 Å². The Bertz CT molecular complexity index is 1420. The van der Waals surface area contributed by atoms with E-state index in [4.69, 9.17) is 14.2 Å². The summed E-state index contributed by atoms with van der Waals surface area (Å²) in [5.74, 6) is -0.196. The number of nitrogens with one attached hydrogen (secondary N) is 1. The van der Waals surface area contributed by atoms with Crippen LogP contribution in [0.4, 0.5) is 0 Å². The maximum Gasteiger partial charge on any atom is 0.305 e. The summed E-state index contributed by atoms with van der Waals surface area (Å²) in [6, 6.07) is -0.829. The number of carbonyl (C=O) groups is 2. The number of allylic oxidation sites excluding steroid dienone is 7. The van der Waals surface area contributed by atoms with E-state index in [-0.39, 0.29) is 18.5 Å². The van der Waals surface area contributed by atoms with E-state index >= 15 is 0 Å². The maximum absolute atomic E-state index is 13.0. The fourth-order valence-electron chi connectivity index (χ4n) is 10.0. The molecule has 1 amide bonds. The highest BCUT2D eigenvalue weighted by Crippen LogP contribution is 2.23. The highest BCUT2D eigenvalue weighted by Gasteiger charge is 2.44. The van der Waals surface area contributed by atoms with Gasteiger partial charge in [-0.1, -0.05) is 255 Å². The molecule has 1 aliphatic heterocycles. The molecule has 0 aromatic heterocycles. The molecule has 11 nitrogen and oxygen atoms in total. The third-order valence-corrected chi connectivity index (χ3v) is 15.2. The van der Waals surface area contributed by atoms with E-state index in [2.05, 4.69) is 55.6 Å². The molecule has 77 heavy (non-hydrogen) atoms. The van der Waals surface area contributed by atoms with Gasteiger partial charge < -0.3 is 45.1 Å². The molecule has 0 aromatic rings. The smallest absolute Gasteiger partial charge is 0.305 e. The summed E-state index contributed by atoms with van der Waals surface area (Å²) in [5.41, 5.74) is 0. The fraction of sp³-hybridized carbons (Fsp3) is 0.848. The predicted molar refractivity (Wildman–Crippen MR) is 320 cm³/mol. The van der Waals surface area contributed by atoms with Gasteiger partial charge in [0.2, 0.25) is 5.91 Å². The lowest BCUT2D eigenvalue weighted by molar-refractivity contribution is -0.302. The van der Waals surface area contributed by atoms with Crippen molar-refractivity contribution in [1.82, 2.24) is 5.32 Å². The van der Waals surface area contributed by atoms with Crippen molar-refractivity contribution in [2.75, 3.05) is 19.8 Å². The van der Waals surface area contributed by atoms with Crippen LogP contribution < -0.4 is 5.32 Å². The standard InChI is InChI=1S/C66H121NO10/c1-3-5-7-9-11-13-14-30-34-38-42-46-50-54-62(71)75-55-51-47-43-39-35-32-29-27-25-23-21-19-17-15-16-18-20-22-24-26-28-31-33-37-41-45-49-53-61(70)67-58(59(69)52-48-44-40-36-12-10-8-6-4-2)57-76-66-65(74)64(73)63(72)60(56-68)77-66/h12,15-16,19,21,36,48,52,58-60,63-66,68-69,72-74H,3-11,13-14,17-18,20,22-35,37-47,49-51,53-57H2,1-2H3,(H,67,70)/b16-15-,21-19-,36-12+,52-48+. The van der Waals surface area contributed by atoms with Gasteiger partial charge in [0.25, 0.3) is 0 Å². The fourth-order valence-corrected chi connectivity index (χ4v) is 10.0. The molecule has 11 heteroatoms. The van der Waals surface area contributed by atoms with Gasteiger partial charge in [-0.05, 0) is 77.0 Å². The van der Waals surface area contributed by atoms with Crippen molar-refractivity contribution in [2.24, 2.45) is 0 Å². The minimum absolute atomic E-state index is 0.00195. The number of ether oxygens (including phenoxy) is 3. The molecule has 1 aliphatic rings. The van der Waals surface area contributed by atoms with Crippen LogP contribution >= 0.6 is 0 Å². The first kappa shape index (κ1) is 72.6. The lowest BCUT2D eigenvalue weighted by Crippen LogP contribution is -2.60. The first-order chi connectivity index (χ1) is 37.7. The van der Waals surface area contributed by atoms with Gasteiger partial charge in [-0.2, -0.15) is 0 Å². The molecule has 0 radical (unpaired) electrons. The van der Waals surface area contributed by atoms with Gasteiger partial charge in [0.1, 0.15) is 24.4 Å². The van der Waals surface area contributed by atoms with Crippen LogP contribution in [0.25, 0.3) is 0 Å². The summed E-state index contributed by atoms with van der Waals surface area (Å²) >= 11 is 0. The molecule has 0 bridgehead atoms. The summed E-state index contributed by atoms with van der Waals surface area (Å²) in [6.07, 6.45) is 61.0. The lowest BCUT2D eigenvalue weighted by Gasteiger charge is -2.40. The number of aliphatic hydroxyl groups excluding tert-OH is 5. The van der Waals surface area contributed by atoms with Crippen molar-refractivity contribution < 1.29 is 49.3 Å². The van der Waals surface area contributed by atoms with Crippen molar-refractivity contribution in [3.63, 3.8) is 0 Å². The molecule has 0 aromatic carbocycles. The average molecular weight is 1090 g/mol. The maximum atomic E-state index is 13.0. The zero-order chi connectivity index (χ0) is 55.9. The van der Waals surface area contributed by atoms with Gasteiger partial charge >= 0.3 is 5.97 Å². The molecule has 7 atom stereocenters. The van der Waals surface area contributed by atoms with E-state index in [0.29, 0.717) is 19.4 Å². The largest absolute Gasteiger partial charge is 0.466 e. The van der Waals surface area contributed by atoms with Gasteiger partial charge in [-0.15, -0.1) is 0 Å². The summed E-state index contributed by atoms with van der Waals surface area (Å²) in [5, 5.41) is 54.2. The minimum atomic E-state index is -1.58. The Balaban J connectivity index is 1.98. The third-order valence-electron chi connectivity index (χ3n) is 15.2. The molecule has 0 spiro atoms. The second-order valence-corrected chi connectivity index (χ2v) is 22.5. The van der Waals surface area contributed by atoms with E-state index < -0.39 is 49.5 Å². The van der Waals surface area contributed by atoms with Gasteiger partial charge in [-0.25, -0.2) is 0 Å². The normalized spacial score (nSPS) is 18.9. The first-order valence-electron chi connectivity index (χ1n) is 32.4. The highest BCUT2D eigenvalue weighted by atomic mass is 16.7. The number of unbranched alkanes of at least 4 members (excludes halogenated alkanes) is 36. The molecule has 1 fully saturated rings. The van der Waals surface area contributed by atoms with Gasteiger partial charge in [-0.3, -0.25) is 9.59 Å². The number of amides is 1. The van der Waals surface area contributed by atoms with Crippen LogP contribution in [-0.4, -0.2) is 100 Å². The molecule has 6 N–H and O–H groups in total. The molecule has 1 heterocycles. The van der Waals surface area contributed by atoms with Crippen molar-refractivity contribution in [3.8, 4) is 0 Å². The van der Waals surface area contributed by atoms with Crippen LogP contribution in [0.1, 0.15) is 296 Å². The number of esters is 1. The molecule has 7 unspecified atom stereocenters. The number of carbonyl (C=O) groups excluding carboxylic acids is 2. The molecular weight excluding hydrogens is 967 g/mol. The second-order valence-electron chi connectivity index (χ2n) is 22.5. The Labute approximate surface area is 472 Å². The Kier molecular flexibility index (Phi) is 52.4. The topological polar surface area (TPSA) is 175 Å². The van der Waals surface area contributed by atoms with Crippen LogP contribution in [0.2, 0.25) is 0 Å². The number of hydrogen-bond donors (Lipinski definition) is 6. The van der Waals surface area contributed by atoms with E-state index in [1.165, 1.54) is 199 Å². The van der Waals surface area contributed by atoms with Crippen molar-refractivity contribution in [1.29, 1.82) is 0 Å².